The van der Waals surface area contributed by atoms with Crippen molar-refractivity contribution in [3.8, 4) is 5.75 Å². The SMILES string of the molecule is CCCn1ncc(OC)c1C(=O)C1(OCC)CCCCC1. The second-order valence-electron chi connectivity index (χ2n) is 5.60. The number of hydrogen-bond acceptors (Lipinski definition) is 4. The maximum absolute atomic E-state index is 13.2. The van der Waals surface area contributed by atoms with Gasteiger partial charge < -0.3 is 9.47 Å². The van der Waals surface area contributed by atoms with Crippen molar-refractivity contribution in [2.24, 2.45) is 0 Å². The molecular formula is C16H26N2O3. The second kappa shape index (κ2) is 7.07. The fourth-order valence-electron chi connectivity index (χ4n) is 3.18. The van der Waals surface area contributed by atoms with Crippen molar-refractivity contribution in [3.05, 3.63) is 11.9 Å². The van der Waals surface area contributed by atoms with E-state index in [0.29, 0.717) is 24.6 Å². The van der Waals surface area contributed by atoms with Crippen LogP contribution in [0.1, 0.15) is 62.9 Å². The molecule has 1 aliphatic rings. The predicted molar refractivity (Wildman–Crippen MR) is 80.8 cm³/mol. The van der Waals surface area contributed by atoms with Crippen LogP contribution in [-0.4, -0.2) is 34.9 Å². The molecule has 1 fully saturated rings. The molecule has 1 saturated carbocycles. The van der Waals surface area contributed by atoms with Crippen molar-refractivity contribution >= 4 is 5.78 Å². The fraction of sp³-hybridized carbons (Fsp3) is 0.750. The molecule has 1 aromatic rings. The summed E-state index contributed by atoms with van der Waals surface area (Å²) in [6, 6.07) is 0. The lowest BCUT2D eigenvalue weighted by molar-refractivity contribution is -0.0418. The minimum absolute atomic E-state index is 0.0341. The standard InChI is InChI=1S/C16H26N2O3/c1-4-11-18-14(13(20-3)12-17-18)15(19)16(21-5-2)9-7-6-8-10-16/h12H,4-11H2,1-3H3. The molecule has 0 bridgehead atoms. The molecule has 1 heterocycles. The molecule has 1 aliphatic carbocycles. The van der Waals surface area contributed by atoms with Crippen molar-refractivity contribution in [1.29, 1.82) is 0 Å². The van der Waals surface area contributed by atoms with Gasteiger partial charge in [0, 0.05) is 13.2 Å². The number of methoxy groups -OCH3 is 1. The van der Waals surface area contributed by atoms with Crippen LogP contribution in [-0.2, 0) is 11.3 Å². The smallest absolute Gasteiger partial charge is 0.216 e. The first-order valence-corrected chi connectivity index (χ1v) is 7.97. The number of ether oxygens (including phenoxy) is 2. The summed E-state index contributed by atoms with van der Waals surface area (Å²) in [6.45, 7) is 5.29. The van der Waals surface area contributed by atoms with E-state index in [9.17, 15) is 4.79 Å². The quantitative estimate of drug-likeness (QED) is 0.725. The van der Waals surface area contributed by atoms with Crippen molar-refractivity contribution in [1.82, 2.24) is 9.78 Å². The lowest BCUT2D eigenvalue weighted by atomic mass is 9.80. The van der Waals surface area contributed by atoms with Gasteiger partial charge in [0.1, 0.15) is 11.3 Å². The van der Waals surface area contributed by atoms with Gasteiger partial charge in [-0.25, -0.2) is 0 Å². The monoisotopic (exact) mass is 294 g/mol. The average molecular weight is 294 g/mol. The second-order valence-corrected chi connectivity index (χ2v) is 5.60. The average Bonchev–Trinajstić information content (AvgIpc) is 2.91. The molecular weight excluding hydrogens is 268 g/mol. The highest BCUT2D eigenvalue weighted by Gasteiger charge is 2.43. The lowest BCUT2D eigenvalue weighted by Gasteiger charge is -2.35. The van der Waals surface area contributed by atoms with E-state index in [2.05, 4.69) is 12.0 Å². The summed E-state index contributed by atoms with van der Waals surface area (Å²) < 4.78 is 13.1. The molecule has 21 heavy (non-hydrogen) atoms. The highest BCUT2D eigenvalue weighted by Crippen LogP contribution is 2.36. The van der Waals surface area contributed by atoms with Crippen LogP contribution in [0.5, 0.6) is 5.75 Å². The molecule has 0 N–H and O–H groups in total. The molecule has 0 radical (unpaired) electrons. The maximum Gasteiger partial charge on any atom is 0.216 e. The summed E-state index contributed by atoms with van der Waals surface area (Å²) in [5, 5.41) is 4.30. The largest absolute Gasteiger partial charge is 0.493 e. The van der Waals surface area contributed by atoms with Crippen molar-refractivity contribution in [3.63, 3.8) is 0 Å². The molecule has 0 spiro atoms. The third-order valence-corrected chi connectivity index (χ3v) is 4.17. The molecule has 0 amide bonds. The van der Waals surface area contributed by atoms with E-state index < -0.39 is 5.60 Å². The number of aromatic nitrogens is 2. The van der Waals surface area contributed by atoms with Gasteiger partial charge in [0.15, 0.2) is 5.75 Å². The highest BCUT2D eigenvalue weighted by atomic mass is 16.5. The first-order chi connectivity index (χ1) is 10.2. The van der Waals surface area contributed by atoms with E-state index in [1.54, 1.807) is 18.0 Å². The van der Waals surface area contributed by atoms with Gasteiger partial charge in [-0.1, -0.05) is 26.2 Å². The number of rotatable bonds is 7. The van der Waals surface area contributed by atoms with Gasteiger partial charge in [0.05, 0.1) is 13.3 Å². The number of hydrogen-bond donors (Lipinski definition) is 0. The number of Topliss-reactive ketones (excluding diaryl/α,β-unsaturated/α-hetero) is 1. The Labute approximate surface area is 126 Å². The van der Waals surface area contributed by atoms with Gasteiger partial charge in [0.25, 0.3) is 0 Å². The zero-order valence-corrected chi connectivity index (χ0v) is 13.4. The third-order valence-electron chi connectivity index (χ3n) is 4.17. The van der Waals surface area contributed by atoms with E-state index in [1.165, 1.54) is 6.42 Å². The molecule has 0 aliphatic heterocycles. The fourth-order valence-corrected chi connectivity index (χ4v) is 3.18. The van der Waals surface area contributed by atoms with E-state index in [-0.39, 0.29) is 5.78 Å². The van der Waals surface area contributed by atoms with E-state index >= 15 is 0 Å². The summed E-state index contributed by atoms with van der Waals surface area (Å²) in [5.41, 5.74) is -0.124. The van der Waals surface area contributed by atoms with Crippen LogP contribution in [0.15, 0.2) is 6.20 Å². The van der Waals surface area contributed by atoms with Crippen LogP contribution in [0.2, 0.25) is 0 Å². The van der Waals surface area contributed by atoms with E-state index in [0.717, 1.165) is 32.1 Å². The molecule has 0 aromatic carbocycles. The Hall–Kier alpha value is -1.36. The minimum Gasteiger partial charge on any atom is -0.493 e. The summed E-state index contributed by atoms with van der Waals surface area (Å²) >= 11 is 0. The summed E-state index contributed by atoms with van der Waals surface area (Å²) in [5.74, 6) is 0.588. The van der Waals surface area contributed by atoms with Gasteiger partial charge in [-0.3, -0.25) is 9.48 Å². The third kappa shape index (κ3) is 3.12. The van der Waals surface area contributed by atoms with Crippen LogP contribution in [0.4, 0.5) is 0 Å². The molecule has 5 heteroatoms. The van der Waals surface area contributed by atoms with Gasteiger partial charge in [-0.2, -0.15) is 5.10 Å². The Morgan fingerprint density at radius 2 is 2.05 bits per heavy atom. The van der Waals surface area contributed by atoms with Crippen LogP contribution in [0, 0.1) is 0 Å². The topological polar surface area (TPSA) is 53.4 Å². The zero-order valence-electron chi connectivity index (χ0n) is 13.4. The Morgan fingerprint density at radius 1 is 1.33 bits per heavy atom. The number of carbonyl (C=O) groups is 1. The lowest BCUT2D eigenvalue weighted by Crippen LogP contribution is -2.44. The summed E-state index contributed by atoms with van der Waals surface area (Å²) in [4.78, 5) is 13.2. The number of ketones is 1. The highest BCUT2D eigenvalue weighted by molar-refractivity contribution is 6.03. The summed E-state index contributed by atoms with van der Waals surface area (Å²) in [7, 11) is 1.58. The Morgan fingerprint density at radius 3 is 2.62 bits per heavy atom. The Balaban J connectivity index is 2.38. The molecule has 5 nitrogen and oxygen atoms in total. The van der Waals surface area contributed by atoms with Crippen LogP contribution in [0.3, 0.4) is 0 Å². The van der Waals surface area contributed by atoms with Crippen LogP contribution < -0.4 is 4.74 Å². The van der Waals surface area contributed by atoms with Gasteiger partial charge in [-0.15, -0.1) is 0 Å². The normalized spacial score (nSPS) is 17.7. The molecule has 118 valence electrons. The molecule has 0 saturated heterocycles. The van der Waals surface area contributed by atoms with Gasteiger partial charge in [0.2, 0.25) is 5.78 Å². The molecule has 0 unspecified atom stereocenters. The van der Waals surface area contributed by atoms with Crippen LogP contribution in [0.25, 0.3) is 0 Å². The minimum atomic E-state index is -0.689. The van der Waals surface area contributed by atoms with Crippen molar-refractivity contribution < 1.29 is 14.3 Å². The van der Waals surface area contributed by atoms with E-state index in [1.807, 2.05) is 6.92 Å². The zero-order chi connectivity index (χ0) is 15.3. The first kappa shape index (κ1) is 16.0. The molecule has 2 rings (SSSR count). The van der Waals surface area contributed by atoms with Crippen LogP contribution >= 0.6 is 0 Å². The first-order valence-electron chi connectivity index (χ1n) is 7.97. The number of aryl methyl sites for hydroxylation is 1. The maximum atomic E-state index is 13.2. The number of carbonyl (C=O) groups excluding carboxylic acids is 1. The Kier molecular flexibility index (Phi) is 5.39. The van der Waals surface area contributed by atoms with Gasteiger partial charge in [-0.05, 0) is 26.2 Å². The predicted octanol–water partition coefficient (Wildman–Crippen LogP) is 3.22. The Bertz CT molecular complexity index is 470. The molecule has 1 aromatic heterocycles. The molecule has 0 atom stereocenters. The number of nitrogens with zero attached hydrogens (tertiary/aromatic N) is 2. The van der Waals surface area contributed by atoms with Crippen molar-refractivity contribution in [2.75, 3.05) is 13.7 Å². The van der Waals surface area contributed by atoms with Crippen molar-refractivity contribution in [2.45, 2.75) is 64.5 Å². The summed E-state index contributed by atoms with van der Waals surface area (Å²) in [6.07, 6.45) is 7.39. The van der Waals surface area contributed by atoms with Gasteiger partial charge >= 0.3 is 0 Å². The van der Waals surface area contributed by atoms with E-state index in [4.69, 9.17) is 9.47 Å².